The third-order valence-electron chi connectivity index (χ3n) is 4.91. The molecule has 3 nitrogen and oxygen atoms in total. The second kappa shape index (κ2) is 4.96. The van der Waals surface area contributed by atoms with E-state index in [9.17, 15) is 0 Å². The first-order valence-corrected chi connectivity index (χ1v) is 7.92. The van der Waals surface area contributed by atoms with Crippen LogP contribution in [0.5, 0.6) is 11.5 Å². The lowest BCUT2D eigenvalue weighted by Gasteiger charge is -2.31. The SMILES string of the molecule is COc1ccc2c(c1)C(NC(C1CC1)C1CC1)CCO2. The Labute approximate surface area is 120 Å². The minimum absolute atomic E-state index is 0.431. The van der Waals surface area contributed by atoms with E-state index in [2.05, 4.69) is 11.4 Å². The minimum Gasteiger partial charge on any atom is -0.497 e. The summed E-state index contributed by atoms with van der Waals surface area (Å²) in [5.74, 6) is 3.81. The van der Waals surface area contributed by atoms with E-state index in [1.807, 2.05) is 12.1 Å². The van der Waals surface area contributed by atoms with Crippen molar-refractivity contribution in [3.63, 3.8) is 0 Å². The van der Waals surface area contributed by atoms with Gasteiger partial charge in [0.15, 0.2) is 0 Å². The quantitative estimate of drug-likeness (QED) is 0.893. The predicted molar refractivity (Wildman–Crippen MR) is 78.2 cm³/mol. The van der Waals surface area contributed by atoms with Gasteiger partial charge in [0.1, 0.15) is 11.5 Å². The number of benzene rings is 1. The highest BCUT2D eigenvalue weighted by atomic mass is 16.5. The third-order valence-corrected chi connectivity index (χ3v) is 4.91. The van der Waals surface area contributed by atoms with E-state index in [0.29, 0.717) is 6.04 Å². The van der Waals surface area contributed by atoms with Gasteiger partial charge in [-0.05, 0) is 55.7 Å². The Morgan fingerprint density at radius 3 is 2.55 bits per heavy atom. The van der Waals surface area contributed by atoms with Gasteiger partial charge in [0.05, 0.1) is 13.7 Å². The number of methoxy groups -OCH3 is 1. The Bertz CT molecular complexity index is 482. The molecule has 0 saturated heterocycles. The van der Waals surface area contributed by atoms with Gasteiger partial charge in [0.2, 0.25) is 0 Å². The number of fused-ring (bicyclic) bond motifs is 1. The van der Waals surface area contributed by atoms with Crippen molar-refractivity contribution in [1.29, 1.82) is 0 Å². The molecule has 108 valence electrons. The molecule has 0 spiro atoms. The van der Waals surface area contributed by atoms with Crippen LogP contribution in [0.15, 0.2) is 18.2 Å². The Kier molecular flexibility index (Phi) is 3.10. The highest BCUT2D eigenvalue weighted by Crippen LogP contribution is 2.46. The Morgan fingerprint density at radius 1 is 1.15 bits per heavy atom. The molecule has 2 aliphatic carbocycles. The Hall–Kier alpha value is -1.22. The monoisotopic (exact) mass is 273 g/mol. The van der Waals surface area contributed by atoms with Gasteiger partial charge in [-0.3, -0.25) is 0 Å². The molecule has 1 aromatic carbocycles. The van der Waals surface area contributed by atoms with Crippen molar-refractivity contribution in [3.05, 3.63) is 23.8 Å². The fourth-order valence-corrected chi connectivity index (χ4v) is 3.47. The Balaban J connectivity index is 1.56. The number of nitrogens with one attached hydrogen (secondary N) is 1. The molecule has 4 rings (SSSR count). The summed E-state index contributed by atoms with van der Waals surface area (Å²) in [7, 11) is 1.73. The van der Waals surface area contributed by atoms with E-state index in [1.54, 1.807) is 7.11 Å². The van der Waals surface area contributed by atoms with Gasteiger partial charge in [0.25, 0.3) is 0 Å². The normalized spacial score (nSPS) is 25.2. The van der Waals surface area contributed by atoms with E-state index in [0.717, 1.165) is 42.4 Å². The molecular formula is C17H23NO2. The topological polar surface area (TPSA) is 30.5 Å². The van der Waals surface area contributed by atoms with E-state index >= 15 is 0 Å². The second-order valence-corrected chi connectivity index (χ2v) is 6.46. The highest BCUT2D eigenvalue weighted by molar-refractivity contribution is 5.43. The number of ether oxygens (including phenoxy) is 2. The van der Waals surface area contributed by atoms with E-state index in [-0.39, 0.29) is 0 Å². The van der Waals surface area contributed by atoms with Gasteiger partial charge >= 0.3 is 0 Å². The fraction of sp³-hybridized carbons (Fsp3) is 0.647. The first kappa shape index (κ1) is 12.5. The van der Waals surface area contributed by atoms with Crippen molar-refractivity contribution in [2.45, 2.75) is 44.2 Å². The minimum atomic E-state index is 0.431. The molecule has 0 amide bonds. The van der Waals surface area contributed by atoms with Crippen molar-refractivity contribution in [1.82, 2.24) is 5.32 Å². The highest BCUT2D eigenvalue weighted by Gasteiger charge is 2.42. The molecule has 1 aromatic rings. The van der Waals surface area contributed by atoms with E-state index in [1.165, 1.54) is 31.2 Å². The lowest BCUT2D eigenvalue weighted by atomic mass is 9.97. The zero-order valence-electron chi connectivity index (χ0n) is 12.1. The summed E-state index contributed by atoms with van der Waals surface area (Å²) in [6, 6.07) is 7.34. The second-order valence-electron chi connectivity index (χ2n) is 6.46. The molecule has 3 aliphatic rings. The van der Waals surface area contributed by atoms with Gasteiger partial charge in [-0.1, -0.05) is 0 Å². The molecule has 3 heteroatoms. The van der Waals surface area contributed by atoms with Gasteiger partial charge < -0.3 is 14.8 Å². The van der Waals surface area contributed by atoms with Gasteiger partial charge in [-0.25, -0.2) is 0 Å². The first-order chi connectivity index (χ1) is 9.85. The maximum absolute atomic E-state index is 5.79. The fourth-order valence-electron chi connectivity index (χ4n) is 3.47. The summed E-state index contributed by atoms with van der Waals surface area (Å²) < 4.78 is 11.2. The molecule has 0 radical (unpaired) electrons. The molecule has 2 fully saturated rings. The first-order valence-electron chi connectivity index (χ1n) is 7.92. The van der Waals surface area contributed by atoms with Crippen molar-refractivity contribution in [2.24, 2.45) is 11.8 Å². The van der Waals surface area contributed by atoms with Crippen molar-refractivity contribution >= 4 is 0 Å². The maximum atomic E-state index is 5.79. The average molecular weight is 273 g/mol. The zero-order chi connectivity index (χ0) is 13.5. The number of hydrogen-bond acceptors (Lipinski definition) is 3. The van der Waals surface area contributed by atoms with Crippen molar-refractivity contribution in [3.8, 4) is 11.5 Å². The standard InChI is InChI=1S/C17H23NO2/c1-19-13-6-7-16-14(10-13)15(8-9-20-16)18-17(11-2-3-11)12-4-5-12/h6-7,10-12,15,17-18H,2-5,8-9H2,1H3. The van der Waals surface area contributed by atoms with Crippen LogP contribution < -0.4 is 14.8 Å². The molecule has 0 aromatic heterocycles. The molecule has 1 heterocycles. The molecule has 0 bridgehead atoms. The van der Waals surface area contributed by atoms with Crippen LogP contribution in [0.1, 0.15) is 43.7 Å². The van der Waals surface area contributed by atoms with Crippen LogP contribution in [-0.2, 0) is 0 Å². The predicted octanol–water partition coefficient (Wildman–Crippen LogP) is 3.30. The van der Waals surface area contributed by atoms with Gasteiger partial charge in [0, 0.05) is 24.1 Å². The summed E-state index contributed by atoms with van der Waals surface area (Å²) >= 11 is 0. The molecule has 2 saturated carbocycles. The van der Waals surface area contributed by atoms with E-state index in [4.69, 9.17) is 9.47 Å². The average Bonchev–Trinajstić information content (AvgIpc) is 3.38. The van der Waals surface area contributed by atoms with Crippen LogP contribution in [0.2, 0.25) is 0 Å². The number of hydrogen-bond donors (Lipinski definition) is 1. The van der Waals surface area contributed by atoms with Gasteiger partial charge in [-0.15, -0.1) is 0 Å². The zero-order valence-corrected chi connectivity index (χ0v) is 12.1. The Morgan fingerprint density at radius 2 is 1.90 bits per heavy atom. The van der Waals surface area contributed by atoms with Crippen LogP contribution >= 0.6 is 0 Å². The lowest BCUT2D eigenvalue weighted by Crippen LogP contribution is -2.38. The summed E-state index contributed by atoms with van der Waals surface area (Å²) in [4.78, 5) is 0. The molecule has 1 N–H and O–H groups in total. The molecule has 20 heavy (non-hydrogen) atoms. The third kappa shape index (κ3) is 2.39. The molecule has 1 aliphatic heterocycles. The van der Waals surface area contributed by atoms with Crippen molar-refractivity contribution in [2.75, 3.05) is 13.7 Å². The van der Waals surface area contributed by atoms with Crippen LogP contribution in [0.3, 0.4) is 0 Å². The van der Waals surface area contributed by atoms with Crippen molar-refractivity contribution < 1.29 is 9.47 Å². The molecule has 1 unspecified atom stereocenters. The summed E-state index contributed by atoms with van der Waals surface area (Å²) in [5.41, 5.74) is 1.28. The van der Waals surface area contributed by atoms with E-state index < -0.39 is 0 Å². The number of rotatable bonds is 5. The largest absolute Gasteiger partial charge is 0.497 e. The van der Waals surface area contributed by atoms with Crippen LogP contribution in [0.25, 0.3) is 0 Å². The maximum Gasteiger partial charge on any atom is 0.124 e. The summed E-state index contributed by atoms with van der Waals surface area (Å²) in [6.07, 6.45) is 6.74. The van der Waals surface area contributed by atoms with Crippen LogP contribution in [0.4, 0.5) is 0 Å². The van der Waals surface area contributed by atoms with Crippen LogP contribution in [0, 0.1) is 11.8 Å². The summed E-state index contributed by atoms with van der Waals surface area (Å²) in [6.45, 7) is 0.819. The lowest BCUT2D eigenvalue weighted by molar-refractivity contribution is 0.233. The smallest absolute Gasteiger partial charge is 0.124 e. The molecule has 1 atom stereocenters. The summed E-state index contributed by atoms with van der Waals surface area (Å²) in [5, 5.41) is 3.95. The van der Waals surface area contributed by atoms with Gasteiger partial charge in [-0.2, -0.15) is 0 Å². The molecular weight excluding hydrogens is 250 g/mol. The van der Waals surface area contributed by atoms with Crippen LogP contribution in [-0.4, -0.2) is 19.8 Å².